The van der Waals surface area contributed by atoms with Crippen LogP contribution in [0.25, 0.3) is 0 Å². The number of carbonyl (C=O) groups is 3. The van der Waals surface area contributed by atoms with Crippen LogP contribution in [0.2, 0.25) is 0 Å². The van der Waals surface area contributed by atoms with Gasteiger partial charge in [-0.3, -0.25) is 23.7 Å². The number of likely N-dealkylation sites (N-methyl/N-ethyl adjacent to an activating group) is 2. The van der Waals surface area contributed by atoms with Gasteiger partial charge in [-0.15, -0.1) is 0 Å². The highest BCUT2D eigenvalue weighted by molar-refractivity contribution is 5.87. The summed E-state index contributed by atoms with van der Waals surface area (Å²) >= 11 is 0. The Morgan fingerprint density at radius 3 is 2.65 bits per heavy atom. The number of nitrogens with zero attached hydrogens (tertiary/aromatic N) is 3. The number of likely N-dealkylation sites (tertiary alicyclic amines) is 1. The van der Waals surface area contributed by atoms with Crippen molar-refractivity contribution in [2.75, 3.05) is 33.7 Å². The molecule has 0 radical (unpaired) electrons. The Morgan fingerprint density at radius 2 is 2.00 bits per heavy atom. The average molecular weight is 360 g/mol. The highest BCUT2D eigenvalue weighted by atomic mass is 16.2. The summed E-state index contributed by atoms with van der Waals surface area (Å²) in [7, 11) is 3.07. The topological polar surface area (TPSA) is 91.7 Å². The first-order valence-corrected chi connectivity index (χ1v) is 8.76. The van der Waals surface area contributed by atoms with Crippen molar-refractivity contribution >= 4 is 17.7 Å². The van der Waals surface area contributed by atoms with Gasteiger partial charge in [0.05, 0.1) is 6.54 Å². The molecule has 26 heavy (non-hydrogen) atoms. The lowest BCUT2D eigenvalue weighted by atomic mass is 9.78. The standard InChI is InChI=1S/C18H24N4O4/c1-11(23)21-8-12-7-13(9-21)17(18(26)20(3)10-15(24)19-2)22-14(12)5-4-6-16(22)25/h4-6,12-13,17H,7-10H2,1-3H3,(H,19,24)/t12-,13+,17-/m1/s1. The molecule has 3 amide bonds. The van der Waals surface area contributed by atoms with Gasteiger partial charge in [0, 0.05) is 57.7 Å². The van der Waals surface area contributed by atoms with E-state index in [1.165, 1.54) is 24.9 Å². The summed E-state index contributed by atoms with van der Waals surface area (Å²) in [6.07, 6.45) is 0.747. The fourth-order valence-electron chi connectivity index (χ4n) is 4.11. The van der Waals surface area contributed by atoms with E-state index in [-0.39, 0.29) is 41.7 Å². The van der Waals surface area contributed by atoms with E-state index in [0.717, 1.165) is 12.1 Å². The van der Waals surface area contributed by atoms with Crippen LogP contribution in [0.15, 0.2) is 23.0 Å². The van der Waals surface area contributed by atoms with Crippen molar-refractivity contribution in [2.24, 2.45) is 5.92 Å². The second-order valence-corrected chi connectivity index (χ2v) is 7.09. The third kappa shape index (κ3) is 3.11. The molecule has 0 aromatic carbocycles. The minimum absolute atomic E-state index is 0.0312. The molecule has 0 saturated carbocycles. The van der Waals surface area contributed by atoms with Crippen LogP contribution >= 0.6 is 0 Å². The summed E-state index contributed by atoms with van der Waals surface area (Å²) < 4.78 is 1.57. The SMILES string of the molecule is CNC(=O)CN(C)C(=O)[C@H]1[C@H]2C[C@H](CN(C(C)=O)C2)c2cccc(=O)n21. The molecule has 1 saturated heterocycles. The molecule has 0 unspecified atom stereocenters. The number of hydrogen-bond acceptors (Lipinski definition) is 4. The minimum atomic E-state index is -0.702. The fraction of sp³-hybridized carbons (Fsp3) is 0.556. The molecule has 3 atom stereocenters. The second-order valence-electron chi connectivity index (χ2n) is 7.09. The molecule has 140 valence electrons. The molecule has 1 aromatic heterocycles. The molecular weight excluding hydrogens is 336 g/mol. The Bertz CT molecular complexity index is 803. The van der Waals surface area contributed by atoms with Crippen molar-refractivity contribution in [2.45, 2.75) is 25.3 Å². The molecule has 1 N–H and O–H groups in total. The summed E-state index contributed by atoms with van der Waals surface area (Å²) in [5.74, 6) is -0.692. The number of fused-ring (bicyclic) bond motifs is 4. The van der Waals surface area contributed by atoms with Crippen molar-refractivity contribution in [3.63, 3.8) is 0 Å². The first-order chi connectivity index (χ1) is 12.3. The van der Waals surface area contributed by atoms with Crippen molar-refractivity contribution in [1.29, 1.82) is 0 Å². The Kier molecular flexibility index (Phi) is 4.84. The molecule has 3 rings (SSSR count). The maximum absolute atomic E-state index is 13.1. The number of nitrogens with one attached hydrogen (secondary N) is 1. The zero-order chi connectivity index (χ0) is 19.0. The van der Waals surface area contributed by atoms with E-state index in [4.69, 9.17) is 0 Å². The molecule has 2 aliphatic rings. The third-order valence-electron chi connectivity index (χ3n) is 5.38. The lowest BCUT2D eigenvalue weighted by molar-refractivity contribution is -0.142. The van der Waals surface area contributed by atoms with Gasteiger partial charge in [0.2, 0.25) is 17.7 Å². The van der Waals surface area contributed by atoms with Crippen LogP contribution in [-0.4, -0.2) is 65.8 Å². The Morgan fingerprint density at radius 1 is 1.27 bits per heavy atom. The van der Waals surface area contributed by atoms with Crippen LogP contribution in [0.1, 0.15) is 31.0 Å². The number of rotatable bonds is 3. The zero-order valence-corrected chi connectivity index (χ0v) is 15.3. The Balaban J connectivity index is 2.01. The molecule has 2 bridgehead atoms. The lowest BCUT2D eigenvalue weighted by Gasteiger charge is -2.46. The summed E-state index contributed by atoms with van der Waals surface area (Å²) in [4.78, 5) is 52.3. The molecule has 1 fully saturated rings. The van der Waals surface area contributed by atoms with Gasteiger partial charge in [0.15, 0.2) is 0 Å². The van der Waals surface area contributed by atoms with Gasteiger partial charge in [0.25, 0.3) is 5.56 Å². The molecule has 8 heteroatoms. The van der Waals surface area contributed by atoms with E-state index in [0.29, 0.717) is 13.1 Å². The van der Waals surface area contributed by atoms with Crippen LogP contribution in [0.4, 0.5) is 0 Å². The van der Waals surface area contributed by atoms with Gasteiger partial charge in [0.1, 0.15) is 6.04 Å². The predicted molar refractivity (Wildman–Crippen MR) is 94.5 cm³/mol. The summed E-state index contributed by atoms with van der Waals surface area (Å²) in [6.45, 7) is 2.45. The number of piperidine rings is 1. The normalized spacial score (nSPS) is 23.8. The van der Waals surface area contributed by atoms with Gasteiger partial charge in [-0.05, 0) is 12.5 Å². The van der Waals surface area contributed by atoms with E-state index in [1.54, 1.807) is 22.6 Å². The smallest absolute Gasteiger partial charge is 0.251 e. The second kappa shape index (κ2) is 6.93. The maximum Gasteiger partial charge on any atom is 0.251 e. The van der Waals surface area contributed by atoms with Crippen LogP contribution in [0, 0.1) is 5.92 Å². The van der Waals surface area contributed by atoms with E-state index in [2.05, 4.69) is 5.32 Å². The Labute approximate surface area is 151 Å². The molecular formula is C18H24N4O4. The number of pyridine rings is 1. The molecule has 0 aliphatic carbocycles. The van der Waals surface area contributed by atoms with Gasteiger partial charge in [-0.1, -0.05) is 6.07 Å². The highest BCUT2D eigenvalue weighted by Crippen LogP contribution is 2.41. The summed E-state index contributed by atoms with van der Waals surface area (Å²) in [5, 5.41) is 2.50. The van der Waals surface area contributed by atoms with Gasteiger partial charge < -0.3 is 15.1 Å². The number of hydrogen-bond donors (Lipinski definition) is 1. The van der Waals surface area contributed by atoms with E-state index < -0.39 is 6.04 Å². The molecule has 2 aliphatic heterocycles. The summed E-state index contributed by atoms with van der Waals surface area (Å²) in [5.41, 5.74) is 0.562. The van der Waals surface area contributed by atoms with Crippen molar-refractivity contribution in [1.82, 2.24) is 19.7 Å². The lowest BCUT2D eigenvalue weighted by Crippen LogP contribution is -2.54. The summed E-state index contributed by atoms with van der Waals surface area (Å²) in [6, 6.07) is 4.29. The fourth-order valence-corrected chi connectivity index (χ4v) is 4.11. The molecule has 0 spiro atoms. The quantitative estimate of drug-likeness (QED) is 0.791. The number of amides is 3. The van der Waals surface area contributed by atoms with Crippen LogP contribution in [0.5, 0.6) is 0 Å². The number of aromatic nitrogens is 1. The minimum Gasteiger partial charge on any atom is -0.358 e. The highest BCUT2D eigenvalue weighted by Gasteiger charge is 2.45. The van der Waals surface area contributed by atoms with Crippen molar-refractivity contribution in [3.8, 4) is 0 Å². The van der Waals surface area contributed by atoms with Crippen molar-refractivity contribution < 1.29 is 14.4 Å². The molecule has 8 nitrogen and oxygen atoms in total. The average Bonchev–Trinajstić information content (AvgIpc) is 2.61. The van der Waals surface area contributed by atoms with Crippen molar-refractivity contribution in [3.05, 3.63) is 34.2 Å². The van der Waals surface area contributed by atoms with E-state index in [1.807, 2.05) is 6.07 Å². The number of carbonyl (C=O) groups excluding carboxylic acids is 3. The third-order valence-corrected chi connectivity index (χ3v) is 5.38. The largest absolute Gasteiger partial charge is 0.358 e. The predicted octanol–water partition coefficient (Wildman–Crippen LogP) is -0.441. The van der Waals surface area contributed by atoms with Crippen LogP contribution in [0.3, 0.4) is 0 Å². The monoisotopic (exact) mass is 360 g/mol. The van der Waals surface area contributed by atoms with Gasteiger partial charge >= 0.3 is 0 Å². The molecule has 1 aromatic rings. The Hall–Kier alpha value is -2.64. The van der Waals surface area contributed by atoms with Crippen LogP contribution in [-0.2, 0) is 14.4 Å². The van der Waals surface area contributed by atoms with Gasteiger partial charge in [-0.25, -0.2) is 0 Å². The molecule has 3 heterocycles. The first kappa shape index (κ1) is 18.2. The van der Waals surface area contributed by atoms with E-state index in [9.17, 15) is 19.2 Å². The van der Waals surface area contributed by atoms with E-state index >= 15 is 0 Å². The first-order valence-electron chi connectivity index (χ1n) is 8.76. The van der Waals surface area contributed by atoms with Gasteiger partial charge in [-0.2, -0.15) is 0 Å². The van der Waals surface area contributed by atoms with Crippen LogP contribution < -0.4 is 10.9 Å². The zero-order valence-electron chi connectivity index (χ0n) is 15.3. The maximum atomic E-state index is 13.1.